The molecule has 1 aromatic carbocycles. The molecule has 4 rings (SSSR count). The number of halogens is 2. The van der Waals surface area contributed by atoms with Gasteiger partial charge in [0.05, 0.1) is 43.6 Å². The van der Waals surface area contributed by atoms with Crippen LogP contribution in [-0.4, -0.2) is 52.9 Å². The normalized spacial score (nSPS) is 18.8. The monoisotopic (exact) mass is 441 g/mol. The fourth-order valence-electron chi connectivity index (χ4n) is 3.70. The van der Waals surface area contributed by atoms with Gasteiger partial charge in [-0.05, 0) is 11.6 Å². The summed E-state index contributed by atoms with van der Waals surface area (Å²) in [5, 5.41) is 10.9. The molecule has 7 nitrogen and oxygen atoms in total. The number of nitrogens with one attached hydrogen (secondary N) is 2. The minimum absolute atomic E-state index is 0. The van der Waals surface area contributed by atoms with E-state index in [-0.39, 0.29) is 36.8 Å². The van der Waals surface area contributed by atoms with Crippen molar-refractivity contribution in [3.8, 4) is 0 Å². The molecule has 9 heteroatoms. The average Bonchev–Trinajstić information content (AvgIpc) is 3.11. The number of fused-ring (bicyclic) bond motifs is 1. The average molecular weight is 442 g/mol. The Morgan fingerprint density at radius 1 is 1.24 bits per heavy atom. The highest BCUT2D eigenvalue weighted by atomic mass is 35.5. The summed E-state index contributed by atoms with van der Waals surface area (Å²) in [6.45, 7) is 6.40. The predicted octanol–water partition coefficient (Wildman–Crippen LogP) is 1.74. The maximum atomic E-state index is 12.3. The molecular formula is C20H29Cl2N5O2. The molecule has 1 unspecified atom stereocenters. The number of nitrogens with zero attached hydrogens (tertiary/aromatic N) is 3. The van der Waals surface area contributed by atoms with Crippen molar-refractivity contribution in [1.29, 1.82) is 0 Å². The minimum Gasteiger partial charge on any atom is -0.375 e. The van der Waals surface area contributed by atoms with Gasteiger partial charge in [-0.25, -0.2) is 0 Å². The Bertz CT molecular complexity index is 748. The Morgan fingerprint density at radius 2 is 2.07 bits per heavy atom. The maximum absolute atomic E-state index is 12.3. The SMILES string of the molecule is Cl.Cl.O=C(CC1CN(Cc2ccccc2)CCO1)NCc1cc2n(n1)CCNC2. The molecule has 2 aliphatic heterocycles. The van der Waals surface area contributed by atoms with E-state index >= 15 is 0 Å². The van der Waals surface area contributed by atoms with Crippen molar-refractivity contribution in [2.45, 2.75) is 38.7 Å². The van der Waals surface area contributed by atoms with Crippen LogP contribution in [-0.2, 0) is 35.7 Å². The molecule has 0 aliphatic carbocycles. The van der Waals surface area contributed by atoms with Gasteiger partial charge in [0.25, 0.3) is 0 Å². The van der Waals surface area contributed by atoms with Gasteiger partial charge < -0.3 is 15.4 Å². The zero-order valence-corrected chi connectivity index (χ0v) is 18.0. The summed E-state index contributed by atoms with van der Waals surface area (Å²) in [7, 11) is 0. The third kappa shape index (κ3) is 6.69. The molecule has 1 atom stereocenters. The molecule has 0 spiro atoms. The van der Waals surface area contributed by atoms with Crippen LogP contribution >= 0.6 is 24.8 Å². The zero-order chi connectivity index (χ0) is 18.5. The summed E-state index contributed by atoms with van der Waals surface area (Å²) in [6, 6.07) is 12.5. The molecule has 1 aromatic heterocycles. The lowest BCUT2D eigenvalue weighted by Gasteiger charge is -2.32. The number of morpholine rings is 1. The molecule has 1 fully saturated rings. The summed E-state index contributed by atoms with van der Waals surface area (Å²) in [4.78, 5) is 14.7. The van der Waals surface area contributed by atoms with E-state index in [1.54, 1.807) is 0 Å². The number of carbonyl (C=O) groups excluding carboxylic acids is 1. The maximum Gasteiger partial charge on any atom is 0.222 e. The Balaban J connectivity index is 0.00000150. The van der Waals surface area contributed by atoms with Crippen molar-refractivity contribution in [2.75, 3.05) is 26.2 Å². The number of rotatable bonds is 6. The largest absolute Gasteiger partial charge is 0.375 e. The summed E-state index contributed by atoms with van der Waals surface area (Å²) < 4.78 is 7.82. The highest BCUT2D eigenvalue weighted by molar-refractivity contribution is 5.85. The number of hydrogen-bond acceptors (Lipinski definition) is 5. The van der Waals surface area contributed by atoms with Gasteiger partial charge in [-0.1, -0.05) is 30.3 Å². The molecule has 1 saturated heterocycles. The zero-order valence-electron chi connectivity index (χ0n) is 16.4. The summed E-state index contributed by atoms with van der Waals surface area (Å²) >= 11 is 0. The quantitative estimate of drug-likeness (QED) is 0.713. The lowest BCUT2D eigenvalue weighted by Crippen LogP contribution is -2.44. The highest BCUT2D eigenvalue weighted by Gasteiger charge is 2.23. The first-order chi connectivity index (χ1) is 13.3. The fourth-order valence-corrected chi connectivity index (χ4v) is 3.70. The Hall–Kier alpha value is -1.64. The van der Waals surface area contributed by atoms with Gasteiger partial charge >= 0.3 is 0 Å². The molecule has 160 valence electrons. The first kappa shape index (κ1) is 23.6. The van der Waals surface area contributed by atoms with Crippen molar-refractivity contribution >= 4 is 30.7 Å². The Kier molecular flexibility index (Phi) is 9.39. The van der Waals surface area contributed by atoms with Crippen LogP contribution in [0.2, 0.25) is 0 Å². The van der Waals surface area contributed by atoms with Gasteiger partial charge in [-0.2, -0.15) is 5.10 Å². The van der Waals surface area contributed by atoms with E-state index in [2.05, 4.69) is 51.0 Å². The molecule has 2 aliphatic rings. The highest BCUT2D eigenvalue weighted by Crippen LogP contribution is 2.13. The van der Waals surface area contributed by atoms with Crippen LogP contribution in [0.3, 0.4) is 0 Å². The van der Waals surface area contributed by atoms with Crippen LogP contribution in [0.4, 0.5) is 0 Å². The number of hydrogen-bond donors (Lipinski definition) is 2. The van der Waals surface area contributed by atoms with E-state index in [4.69, 9.17) is 4.74 Å². The van der Waals surface area contributed by atoms with Crippen LogP contribution in [0, 0.1) is 0 Å². The summed E-state index contributed by atoms with van der Waals surface area (Å²) in [5.74, 6) is 0.0191. The molecule has 3 heterocycles. The van der Waals surface area contributed by atoms with Crippen LogP contribution < -0.4 is 10.6 Å². The van der Waals surface area contributed by atoms with Gasteiger partial charge in [-0.15, -0.1) is 24.8 Å². The van der Waals surface area contributed by atoms with E-state index in [0.717, 1.165) is 45.0 Å². The van der Waals surface area contributed by atoms with Crippen molar-refractivity contribution in [3.05, 3.63) is 53.3 Å². The molecular weight excluding hydrogens is 413 g/mol. The second kappa shape index (κ2) is 11.5. The predicted molar refractivity (Wildman–Crippen MR) is 116 cm³/mol. The second-order valence-corrected chi connectivity index (χ2v) is 7.22. The van der Waals surface area contributed by atoms with Gasteiger partial charge in [0, 0.05) is 32.7 Å². The molecule has 29 heavy (non-hydrogen) atoms. The molecule has 2 aromatic rings. The third-order valence-corrected chi connectivity index (χ3v) is 5.07. The van der Waals surface area contributed by atoms with E-state index in [0.29, 0.717) is 19.6 Å². The first-order valence-electron chi connectivity index (χ1n) is 9.67. The molecule has 0 saturated carbocycles. The minimum atomic E-state index is -0.0538. The number of carbonyl (C=O) groups is 1. The third-order valence-electron chi connectivity index (χ3n) is 5.07. The number of aromatic nitrogens is 2. The van der Waals surface area contributed by atoms with Gasteiger partial charge in [0.1, 0.15) is 0 Å². The fraction of sp³-hybridized carbons (Fsp3) is 0.500. The van der Waals surface area contributed by atoms with E-state index in [9.17, 15) is 4.79 Å². The van der Waals surface area contributed by atoms with Gasteiger partial charge in [0.2, 0.25) is 5.91 Å². The van der Waals surface area contributed by atoms with E-state index in [1.807, 2.05) is 10.7 Å². The van der Waals surface area contributed by atoms with Gasteiger partial charge in [-0.3, -0.25) is 14.4 Å². The van der Waals surface area contributed by atoms with Gasteiger partial charge in [0.15, 0.2) is 0 Å². The standard InChI is InChI=1S/C20H27N5O2.2ClH/c26-20(22-12-17-10-18-13-21-6-7-25(18)23-17)11-19-15-24(8-9-27-19)14-16-4-2-1-3-5-16;;/h1-5,10,19,21H,6-9,11-15H2,(H,22,26);2*1H. The number of ether oxygens (including phenoxy) is 1. The molecule has 1 amide bonds. The topological polar surface area (TPSA) is 71.4 Å². The smallest absolute Gasteiger partial charge is 0.222 e. The van der Waals surface area contributed by atoms with Crippen molar-refractivity contribution < 1.29 is 9.53 Å². The van der Waals surface area contributed by atoms with Crippen molar-refractivity contribution in [2.24, 2.45) is 0 Å². The van der Waals surface area contributed by atoms with Crippen molar-refractivity contribution in [1.82, 2.24) is 25.3 Å². The van der Waals surface area contributed by atoms with E-state index < -0.39 is 0 Å². The molecule has 0 bridgehead atoms. The number of amides is 1. The Labute approximate surface area is 184 Å². The van der Waals surface area contributed by atoms with Crippen LogP contribution in [0.1, 0.15) is 23.4 Å². The number of benzene rings is 1. The Morgan fingerprint density at radius 3 is 2.86 bits per heavy atom. The van der Waals surface area contributed by atoms with E-state index in [1.165, 1.54) is 11.3 Å². The van der Waals surface area contributed by atoms with Crippen LogP contribution in [0.25, 0.3) is 0 Å². The van der Waals surface area contributed by atoms with Crippen LogP contribution in [0.5, 0.6) is 0 Å². The molecule has 0 radical (unpaired) electrons. The second-order valence-electron chi connectivity index (χ2n) is 7.22. The summed E-state index contributed by atoms with van der Waals surface area (Å²) in [5.41, 5.74) is 3.39. The molecule has 2 N–H and O–H groups in total. The summed E-state index contributed by atoms with van der Waals surface area (Å²) in [6.07, 6.45) is 0.335. The lowest BCUT2D eigenvalue weighted by atomic mass is 10.1. The van der Waals surface area contributed by atoms with Crippen molar-refractivity contribution in [3.63, 3.8) is 0 Å². The lowest BCUT2D eigenvalue weighted by molar-refractivity contribution is -0.126. The first-order valence-corrected chi connectivity index (χ1v) is 9.67. The van der Waals surface area contributed by atoms with Crippen LogP contribution in [0.15, 0.2) is 36.4 Å².